The minimum Gasteiger partial charge on any atom is -0.399 e. The first-order valence-corrected chi connectivity index (χ1v) is 4.16. The van der Waals surface area contributed by atoms with Gasteiger partial charge in [-0.05, 0) is 24.1 Å². The molecule has 2 N–H and O–H groups in total. The van der Waals surface area contributed by atoms with E-state index in [0.717, 1.165) is 12.1 Å². The number of methoxy groups -OCH3 is 1. The van der Waals surface area contributed by atoms with Crippen LogP contribution in [0.1, 0.15) is 25.0 Å². The van der Waals surface area contributed by atoms with Crippen LogP contribution in [-0.4, -0.2) is 7.11 Å². The maximum absolute atomic E-state index is 5.57. The smallest absolute Gasteiger partial charge is 0.0818 e. The largest absolute Gasteiger partial charge is 0.399 e. The van der Waals surface area contributed by atoms with Gasteiger partial charge in [-0.1, -0.05) is 19.1 Å². The molecular weight excluding hydrogens is 150 g/mol. The van der Waals surface area contributed by atoms with Crippen molar-refractivity contribution in [2.75, 3.05) is 12.8 Å². The van der Waals surface area contributed by atoms with Crippen LogP contribution in [0.4, 0.5) is 5.69 Å². The summed E-state index contributed by atoms with van der Waals surface area (Å²) >= 11 is 0. The molecule has 0 fully saturated rings. The van der Waals surface area contributed by atoms with E-state index in [1.54, 1.807) is 7.11 Å². The van der Waals surface area contributed by atoms with E-state index >= 15 is 0 Å². The van der Waals surface area contributed by atoms with Gasteiger partial charge in [-0.3, -0.25) is 0 Å². The van der Waals surface area contributed by atoms with Crippen molar-refractivity contribution in [1.82, 2.24) is 0 Å². The third-order valence-electron chi connectivity index (χ3n) is 1.96. The highest BCUT2D eigenvalue weighted by atomic mass is 16.5. The van der Waals surface area contributed by atoms with Gasteiger partial charge in [0.05, 0.1) is 6.10 Å². The Labute approximate surface area is 73.3 Å². The lowest BCUT2D eigenvalue weighted by atomic mass is 10.1. The van der Waals surface area contributed by atoms with Gasteiger partial charge in [-0.15, -0.1) is 0 Å². The lowest BCUT2D eigenvalue weighted by Crippen LogP contribution is -1.99. The van der Waals surface area contributed by atoms with Crippen LogP contribution in [0.2, 0.25) is 0 Å². The quantitative estimate of drug-likeness (QED) is 0.698. The molecular formula is C10H15NO. The molecule has 0 spiro atoms. The van der Waals surface area contributed by atoms with Crippen LogP contribution in [0, 0.1) is 0 Å². The predicted molar refractivity (Wildman–Crippen MR) is 50.9 cm³/mol. The van der Waals surface area contributed by atoms with E-state index in [9.17, 15) is 0 Å². The van der Waals surface area contributed by atoms with Crippen molar-refractivity contribution in [3.63, 3.8) is 0 Å². The van der Waals surface area contributed by atoms with E-state index < -0.39 is 0 Å². The predicted octanol–water partition coefficient (Wildman–Crippen LogP) is 2.37. The Kier molecular flexibility index (Phi) is 3.11. The molecule has 0 aliphatic carbocycles. The second kappa shape index (κ2) is 4.12. The maximum atomic E-state index is 5.57. The Balaban J connectivity index is 2.80. The second-order valence-corrected chi connectivity index (χ2v) is 2.80. The Morgan fingerprint density at radius 3 is 2.33 bits per heavy atom. The molecule has 2 nitrogen and oxygen atoms in total. The number of ether oxygens (including phenoxy) is 1. The van der Waals surface area contributed by atoms with Gasteiger partial charge in [-0.2, -0.15) is 0 Å². The van der Waals surface area contributed by atoms with Crippen molar-refractivity contribution in [2.24, 2.45) is 0 Å². The van der Waals surface area contributed by atoms with Crippen LogP contribution >= 0.6 is 0 Å². The van der Waals surface area contributed by atoms with Crippen LogP contribution in [0.3, 0.4) is 0 Å². The second-order valence-electron chi connectivity index (χ2n) is 2.80. The van der Waals surface area contributed by atoms with E-state index in [0.29, 0.717) is 0 Å². The number of hydrogen-bond acceptors (Lipinski definition) is 2. The van der Waals surface area contributed by atoms with Gasteiger partial charge < -0.3 is 10.5 Å². The van der Waals surface area contributed by atoms with Gasteiger partial charge in [0.2, 0.25) is 0 Å². The number of anilines is 1. The third kappa shape index (κ3) is 1.98. The number of hydrogen-bond donors (Lipinski definition) is 1. The molecule has 0 saturated heterocycles. The zero-order valence-electron chi connectivity index (χ0n) is 7.58. The van der Waals surface area contributed by atoms with Crippen molar-refractivity contribution in [3.05, 3.63) is 29.8 Å². The number of nitrogen functional groups attached to an aromatic ring is 1. The molecule has 12 heavy (non-hydrogen) atoms. The Hall–Kier alpha value is -1.02. The first-order chi connectivity index (χ1) is 5.77. The Morgan fingerprint density at radius 1 is 1.33 bits per heavy atom. The Morgan fingerprint density at radius 2 is 1.92 bits per heavy atom. The zero-order valence-corrected chi connectivity index (χ0v) is 7.58. The molecule has 0 aliphatic rings. The van der Waals surface area contributed by atoms with Crippen LogP contribution in [0.25, 0.3) is 0 Å². The highest BCUT2D eigenvalue weighted by Crippen LogP contribution is 2.20. The van der Waals surface area contributed by atoms with Gasteiger partial charge >= 0.3 is 0 Å². The van der Waals surface area contributed by atoms with Crippen LogP contribution in [0.15, 0.2) is 24.3 Å². The number of rotatable bonds is 3. The SMILES string of the molecule is CC[C@H](OC)c1ccc(N)cc1. The van der Waals surface area contributed by atoms with Crippen molar-refractivity contribution >= 4 is 5.69 Å². The summed E-state index contributed by atoms with van der Waals surface area (Å²) in [4.78, 5) is 0. The van der Waals surface area contributed by atoms with E-state index in [1.807, 2.05) is 24.3 Å². The van der Waals surface area contributed by atoms with Crippen molar-refractivity contribution in [3.8, 4) is 0 Å². The lowest BCUT2D eigenvalue weighted by Gasteiger charge is -2.12. The van der Waals surface area contributed by atoms with Crippen molar-refractivity contribution < 1.29 is 4.74 Å². The van der Waals surface area contributed by atoms with Crippen molar-refractivity contribution in [1.29, 1.82) is 0 Å². The minimum absolute atomic E-state index is 0.200. The summed E-state index contributed by atoms with van der Waals surface area (Å²) < 4.78 is 5.28. The van der Waals surface area contributed by atoms with Gasteiger partial charge in [0.1, 0.15) is 0 Å². The minimum atomic E-state index is 0.200. The molecule has 1 aromatic rings. The molecule has 0 amide bonds. The fourth-order valence-corrected chi connectivity index (χ4v) is 1.25. The summed E-state index contributed by atoms with van der Waals surface area (Å²) in [5.41, 5.74) is 7.55. The fourth-order valence-electron chi connectivity index (χ4n) is 1.25. The molecule has 0 unspecified atom stereocenters. The van der Waals surface area contributed by atoms with Crippen LogP contribution in [-0.2, 0) is 4.74 Å². The first kappa shape index (κ1) is 9.07. The van der Waals surface area contributed by atoms with E-state index in [-0.39, 0.29) is 6.10 Å². The topological polar surface area (TPSA) is 35.2 Å². The van der Waals surface area contributed by atoms with E-state index in [4.69, 9.17) is 10.5 Å². The average Bonchev–Trinajstić information content (AvgIpc) is 2.10. The summed E-state index contributed by atoms with van der Waals surface area (Å²) in [7, 11) is 1.73. The van der Waals surface area contributed by atoms with Gasteiger partial charge in [0, 0.05) is 12.8 Å². The van der Waals surface area contributed by atoms with Crippen molar-refractivity contribution in [2.45, 2.75) is 19.4 Å². The third-order valence-corrected chi connectivity index (χ3v) is 1.96. The first-order valence-electron chi connectivity index (χ1n) is 4.16. The molecule has 0 radical (unpaired) electrons. The molecule has 1 aromatic carbocycles. The van der Waals surface area contributed by atoms with E-state index in [2.05, 4.69) is 6.92 Å². The lowest BCUT2D eigenvalue weighted by molar-refractivity contribution is 0.100. The molecule has 1 atom stereocenters. The van der Waals surface area contributed by atoms with Crippen LogP contribution < -0.4 is 5.73 Å². The van der Waals surface area contributed by atoms with Gasteiger partial charge in [0.25, 0.3) is 0 Å². The van der Waals surface area contributed by atoms with Gasteiger partial charge in [0.15, 0.2) is 0 Å². The fraction of sp³-hybridized carbons (Fsp3) is 0.400. The molecule has 0 saturated carbocycles. The highest BCUT2D eigenvalue weighted by Gasteiger charge is 2.05. The Bertz CT molecular complexity index is 226. The molecule has 66 valence electrons. The number of benzene rings is 1. The molecule has 1 rings (SSSR count). The molecule has 0 aromatic heterocycles. The molecule has 0 aliphatic heterocycles. The normalized spacial score (nSPS) is 12.8. The highest BCUT2D eigenvalue weighted by molar-refractivity contribution is 5.39. The molecule has 2 heteroatoms. The standard InChI is InChI=1S/C10H15NO/c1-3-10(12-2)8-4-6-9(11)7-5-8/h4-7,10H,3,11H2,1-2H3/t10-/m0/s1. The molecule has 0 heterocycles. The van der Waals surface area contributed by atoms with E-state index in [1.165, 1.54) is 5.56 Å². The summed E-state index contributed by atoms with van der Waals surface area (Å²) in [6.07, 6.45) is 1.19. The summed E-state index contributed by atoms with van der Waals surface area (Å²) in [6.45, 7) is 2.10. The maximum Gasteiger partial charge on any atom is 0.0818 e. The zero-order chi connectivity index (χ0) is 8.97. The number of nitrogens with two attached hydrogens (primary N) is 1. The molecule has 0 bridgehead atoms. The summed E-state index contributed by atoms with van der Waals surface area (Å²) in [5.74, 6) is 0. The van der Waals surface area contributed by atoms with Gasteiger partial charge in [-0.25, -0.2) is 0 Å². The summed E-state index contributed by atoms with van der Waals surface area (Å²) in [5, 5.41) is 0. The summed E-state index contributed by atoms with van der Waals surface area (Å²) in [6, 6.07) is 7.81. The van der Waals surface area contributed by atoms with Crippen LogP contribution in [0.5, 0.6) is 0 Å². The monoisotopic (exact) mass is 165 g/mol. The average molecular weight is 165 g/mol.